The maximum Gasteiger partial charge on any atom is 0.308 e. The summed E-state index contributed by atoms with van der Waals surface area (Å²) < 4.78 is 11.1. The number of carbonyl (C=O) groups excluding carboxylic acids is 1. The third kappa shape index (κ3) is 6.11. The highest BCUT2D eigenvalue weighted by Gasteiger charge is 2.48. The molecule has 1 amide bonds. The van der Waals surface area contributed by atoms with Crippen molar-refractivity contribution in [2.75, 3.05) is 31.3 Å². The Morgan fingerprint density at radius 3 is 2.52 bits per heavy atom. The lowest BCUT2D eigenvalue weighted by atomic mass is 9.82. The lowest BCUT2D eigenvalue weighted by Gasteiger charge is -2.30. The van der Waals surface area contributed by atoms with Gasteiger partial charge in [0.15, 0.2) is 11.5 Å². The number of carbonyl (C=O) groups is 2. The number of carboxylic acid groups (broad SMARTS) is 1. The summed E-state index contributed by atoms with van der Waals surface area (Å²) in [4.78, 5) is 34.8. The number of benzene rings is 2. The molecular formula is C32H37N3O7. The predicted molar refractivity (Wildman–Crippen MR) is 155 cm³/mol. The largest absolute Gasteiger partial charge is 0.481 e. The van der Waals surface area contributed by atoms with Crippen LogP contribution in [0.1, 0.15) is 47.9 Å². The molecule has 0 unspecified atom stereocenters. The Morgan fingerprint density at radius 2 is 1.83 bits per heavy atom. The number of amides is 1. The zero-order chi connectivity index (χ0) is 29.6. The SMILES string of the molecule is CCCCN(C(=O)CN1C[C@H](c2cc(CO)c3c(c2)OCO3)[C@@H](C(=O)O)[C@@H]1Cc1ccccc1CO)c1cccnc1. The molecule has 3 atom stereocenters. The number of hydrogen-bond donors (Lipinski definition) is 3. The maximum atomic E-state index is 13.9. The zero-order valence-electron chi connectivity index (χ0n) is 23.7. The molecule has 10 heteroatoms. The van der Waals surface area contributed by atoms with E-state index in [1.54, 1.807) is 35.5 Å². The molecule has 3 aromatic rings. The number of pyridine rings is 1. The molecule has 2 aliphatic heterocycles. The predicted octanol–water partition coefficient (Wildman–Crippen LogP) is 3.34. The zero-order valence-corrected chi connectivity index (χ0v) is 23.7. The topological polar surface area (TPSA) is 133 Å². The summed E-state index contributed by atoms with van der Waals surface area (Å²) in [6, 6.07) is 14.1. The standard InChI is InChI=1S/C32H37N3O7/c1-2-3-11-35(25-9-6-10-33-15-25)29(38)17-34-16-26(23-12-24(19-37)31-28(14-23)41-20-42-31)30(32(39)40)27(34)13-21-7-4-5-8-22(21)18-36/h4-10,12,14-15,26-27,30,36-37H,2-3,11,13,16-20H2,1H3,(H,39,40)/t26-,27+,30-/m1/s1. The number of hydrogen-bond acceptors (Lipinski definition) is 8. The molecule has 1 saturated heterocycles. The van der Waals surface area contributed by atoms with Crippen LogP contribution in [0.4, 0.5) is 5.69 Å². The van der Waals surface area contributed by atoms with Crippen LogP contribution in [0.15, 0.2) is 60.9 Å². The van der Waals surface area contributed by atoms with Crippen LogP contribution in [0.3, 0.4) is 0 Å². The van der Waals surface area contributed by atoms with Crippen LogP contribution in [0.2, 0.25) is 0 Å². The van der Waals surface area contributed by atoms with Crippen LogP contribution in [0.5, 0.6) is 11.5 Å². The molecule has 3 N–H and O–H groups in total. The molecule has 3 heterocycles. The van der Waals surface area contributed by atoms with Gasteiger partial charge in [-0.3, -0.25) is 19.5 Å². The number of carboxylic acids is 1. The molecule has 222 valence electrons. The Bertz CT molecular complexity index is 1400. The Morgan fingerprint density at radius 1 is 1.05 bits per heavy atom. The first-order valence-electron chi connectivity index (χ1n) is 14.3. The van der Waals surface area contributed by atoms with E-state index in [-0.39, 0.29) is 32.5 Å². The fourth-order valence-corrected chi connectivity index (χ4v) is 6.14. The lowest BCUT2D eigenvalue weighted by molar-refractivity contribution is -0.143. The van der Waals surface area contributed by atoms with E-state index < -0.39 is 23.8 Å². The summed E-state index contributed by atoms with van der Waals surface area (Å²) in [5.41, 5.74) is 3.50. The molecule has 2 aliphatic rings. The van der Waals surface area contributed by atoms with Gasteiger partial charge in [0, 0.05) is 36.8 Å². The van der Waals surface area contributed by atoms with Gasteiger partial charge in [-0.25, -0.2) is 0 Å². The van der Waals surface area contributed by atoms with Crippen molar-refractivity contribution in [1.82, 2.24) is 9.88 Å². The number of unbranched alkanes of at least 4 members (excludes halogenated alkanes) is 1. The normalized spacial score (nSPS) is 19.6. The number of anilines is 1. The summed E-state index contributed by atoms with van der Waals surface area (Å²) in [7, 11) is 0. The highest BCUT2D eigenvalue weighted by atomic mass is 16.7. The molecule has 1 aromatic heterocycles. The molecule has 0 aliphatic carbocycles. The number of likely N-dealkylation sites (tertiary alicyclic amines) is 1. The van der Waals surface area contributed by atoms with Crippen molar-refractivity contribution in [1.29, 1.82) is 0 Å². The molecule has 10 nitrogen and oxygen atoms in total. The summed E-state index contributed by atoms with van der Waals surface area (Å²) in [6.07, 6.45) is 5.40. The number of aliphatic hydroxyl groups is 2. The number of nitrogens with zero attached hydrogens (tertiary/aromatic N) is 3. The van der Waals surface area contributed by atoms with E-state index in [1.807, 2.05) is 35.2 Å². The first-order chi connectivity index (χ1) is 20.4. The molecule has 0 radical (unpaired) electrons. The Hall–Kier alpha value is -3.99. The van der Waals surface area contributed by atoms with Gasteiger partial charge in [0.25, 0.3) is 0 Å². The molecule has 1 fully saturated rings. The number of aliphatic hydroxyl groups excluding tert-OH is 2. The van der Waals surface area contributed by atoms with Crippen molar-refractivity contribution in [3.63, 3.8) is 0 Å². The van der Waals surface area contributed by atoms with Crippen LogP contribution in [-0.2, 0) is 29.2 Å². The summed E-state index contributed by atoms with van der Waals surface area (Å²) in [5.74, 6) is -1.51. The number of fused-ring (bicyclic) bond motifs is 1. The Kier molecular flexibility index (Phi) is 9.36. The minimum absolute atomic E-state index is 0.0161. The van der Waals surface area contributed by atoms with E-state index in [0.717, 1.165) is 24.0 Å². The second-order valence-electron chi connectivity index (χ2n) is 10.8. The quantitative estimate of drug-likeness (QED) is 0.297. The van der Waals surface area contributed by atoms with Crippen LogP contribution in [0, 0.1) is 5.92 Å². The molecule has 42 heavy (non-hydrogen) atoms. The average Bonchev–Trinajstić information content (AvgIpc) is 3.62. The minimum Gasteiger partial charge on any atom is -0.481 e. The van der Waals surface area contributed by atoms with Crippen molar-refractivity contribution < 1.29 is 34.4 Å². The Balaban J connectivity index is 1.52. The molecular weight excluding hydrogens is 538 g/mol. The smallest absolute Gasteiger partial charge is 0.308 e. The summed E-state index contributed by atoms with van der Waals surface area (Å²) in [5, 5.41) is 30.6. The van der Waals surface area contributed by atoms with Crippen molar-refractivity contribution >= 4 is 17.6 Å². The molecule has 0 saturated carbocycles. The second kappa shape index (κ2) is 13.3. The van der Waals surface area contributed by atoms with Crippen molar-refractivity contribution in [2.45, 2.75) is 51.4 Å². The van der Waals surface area contributed by atoms with Crippen LogP contribution in [0.25, 0.3) is 0 Å². The van der Waals surface area contributed by atoms with Gasteiger partial charge >= 0.3 is 5.97 Å². The van der Waals surface area contributed by atoms with Gasteiger partial charge in [-0.15, -0.1) is 0 Å². The molecule has 0 bridgehead atoms. The second-order valence-corrected chi connectivity index (χ2v) is 10.8. The average molecular weight is 576 g/mol. The van der Waals surface area contributed by atoms with Crippen molar-refractivity contribution in [3.05, 3.63) is 83.2 Å². The van der Waals surface area contributed by atoms with E-state index in [1.165, 1.54) is 0 Å². The summed E-state index contributed by atoms with van der Waals surface area (Å²) >= 11 is 0. The van der Waals surface area contributed by atoms with Gasteiger partial charge in [0.1, 0.15) is 0 Å². The van der Waals surface area contributed by atoms with Gasteiger partial charge in [-0.1, -0.05) is 37.6 Å². The first kappa shape index (κ1) is 29.5. The maximum absolute atomic E-state index is 13.9. The van der Waals surface area contributed by atoms with Crippen LogP contribution >= 0.6 is 0 Å². The van der Waals surface area contributed by atoms with E-state index in [2.05, 4.69) is 11.9 Å². The third-order valence-corrected chi connectivity index (χ3v) is 8.25. The molecule has 2 aromatic carbocycles. The van der Waals surface area contributed by atoms with E-state index in [0.29, 0.717) is 47.8 Å². The highest BCUT2D eigenvalue weighted by molar-refractivity contribution is 5.94. The first-order valence-corrected chi connectivity index (χ1v) is 14.3. The molecule has 5 rings (SSSR count). The fraction of sp³-hybridized carbons (Fsp3) is 0.406. The van der Waals surface area contributed by atoms with Crippen LogP contribution in [-0.4, -0.2) is 69.5 Å². The van der Waals surface area contributed by atoms with Gasteiger partial charge in [-0.05, 0) is 53.8 Å². The van der Waals surface area contributed by atoms with Gasteiger partial charge in [0.2, 0.25) is 12.7 Å². The molecule has 0 spiro atoms. The van der Waals surface area contributed by atoms with E-state index in [9.17, 15) is 24.9 Å². The third-order valence-electron chi connectivity index (χ3n) is 8.25. The monoisotopic (exact) mass is 575 g/mol. The summed E-state index contributed by atoms with van der Waals surface area (Å²) in [6.45, 7) is 2.50. The highest BCUT2D eigenvalue weighted by Crippen LogP contribution is 2.44. The van der Waals surface area contributed by atoms with Gasteiger partial charge in [-0.2, -0.15) is 0 Å². The number of ether oxygens (including phenoxy) is 2. The number of rotatable bonds is 12. The lowest BCUT2D eigenvalue weighted by Crippen LogP contribution is -2.45. The van der Waals surface area contributed by atoms with Gasteiger partial charge in [0.05, 0.1) is 37.6 Å². The van der Waals surface area contributed by atoms with Crippen molar-refractivity contribution in [2.24, 2.45) is 5.92 Å². The fourth-order valence-electron chi connectivity index (χ4n) is 6.14. The van der Waals surface area contributed by atoms with Crippen LogP contribution < -0.4 is 14.4 Å². The minimum atomic E-state index is -0.972. The van der Waals surface area contributed by atoms with E-state index in [4.69, 9.17) is 9.47 Å². The number of aromatic nitrogens is 1. The van der Waals surface area contributed by atoms with Crippen molar-refractivity contribution in [3.8, 4) is 11.5 Å². The van der Waals surface area contributed by atoms with E-state index >= 15 is 0 Å². The van der Waals surface area contributed by atoms with Gasteiger partial charge < -0.3 is 29.7 Å². The Labute approximate surface area is 245 Å². The number of aliphatic carboxylic acids is 1.